The number of carbonyl (C=O) groups is 2. The van der Waals surface area contributed by atoms with Crippen LogP contribution in [0, 0.1) is 0 Å². The van der Waals surface area contributed by atoms with Gasteiger partial charge in [0.05, 0.1) is 12.7 Å². The maximum Gasteiger partial charge on any atom is 0.407 e. The van der Waals surface area contributed by atoms with Gasteiger partial charge in [-0.25, -0.2) is 9.59 Å². The van der Waals surface area contributed by atoms with Gasteiger partial charge in [-0.15, -0.1) is 0 Å². The Morgan fingerprint density at radius 2 is 2.04 bits per heavy atom. The number of esters is 1. The SMILES string of the molecule is COC(=O)c1c[nH]c2ccc(C=CCNC(=O)OC(C)(C)C)cc12. The van der Waals surface area contributed by atoms with Crippen LogP contribution in [0.4, 0.5) is 4.79 Å². The Labute approximate surface area is 140 Å². The molecule has 1 aromatic carbocycles. The molecule has 1 heterocycles. The summed E-state index contributed by atoms with van der Waals surface area (Å²) < 4.78 is 9.92. The zero-order valence-electron chi connectivity index (χ0n) is 14.3. The predicted octanol–water partition coefficient (Wildman–Crippen LogP) is 3.49. The van der Waals surface area contributed by atoms with Crippen LogP contribution in [0.1, 0.15) is 36.7 Å². The summed E-state index contributed by atoms with van der Waals surface area (Å²) in [4.78, 5) is 26.3. The molecular formula is C18H22N2O4. The Bertz CT molecular complexity index is 769. The first-order chi connectivity index (χ1) is 11.3. The highest BCUT2D eigenvalue weighted by molar-refractivity contribution is 6.04. The molecule has 0 saturated carbocycles. The first-order valence-electron chi connectivity index (χ1n) is 7.63. The lowest BCUT2D eigenvalue weighted by molar-refractivity contribution is 0.0532. The van der Waals surface area contributed by atoms with E-state index in [1.54, 1.807) is 6.20 Å². The van der Waals surface area contributed by atoms with Crippen molar-refractivity contribution in [1.29, 1.82) is 0 Å². The second kappa shape index (κ2) is 7.21. The van der Waals surface area contributed by atoms with E-state index in [4.69, 9.17) is 9.47 Å². The molecule has 128 valence electrons. The molecule has 6 heteroatoms. The van der Waals surface area contributed by atoms with Crippen LogP contribution in [0.5, 0.6) is 0 Å². The van der Waals surface area contributed by atoms with Gasteiger partial charge in [0, 0.05) is 23.6 Å². The average Bonchev–Trinajstić information content (AvgIpc) is 2.92. The van der Waals surface area contributed by atoms with E-state index < -0.39 is 11.7 Å². The summed E-state index contributed by atoms with van der Waals surface area (Å²) in [5.41, 5.74) is 1.75. The van der Waals surface area contributed by atoms with E-state index in [1.807, 2.05) is 51.1 Å². The van der Waals surface area contributed by atoms with Crippen LogP contribution >= 0.6 is 0 Å². The third-order valence-corrected chi connectivity index (χ3v) is 3.18. The average molecular weight is 330 g/mol. The fraction of sp³-hybridized carbons (Fsp3) is 0.333. The number of methoxy groups -OCH3 is 1. The molecule has 0 radical (unpaired) electrons. The largest absolute Gasteiger partial charge is 0.465 e. The summed E-state index contributed by atoms with van der Waals surface area (Å²) in [7, 11) is 1.35. The standard InChI is InChI=1S/C18H22N2O4/c1-18(2,3)24-17(22)19-9-5-6-12-7-8-15-13(10-12)14(11-20-15)16(21)23-4/h5-8,10-11,20H,9H2,1-4H3,(H,19,22). The number of fused-ring (bicyclic) bond motifs is 1. The van der Waals surface area contributed by atoms with E-state index in [2.05, 4.69) is 10.3 Å². The third kappa shape index (κ3) is 4.62. The van der Waals surface area contributed by atoms with Crippen LogP contribution < -0.4 is 5.32 Å². The van der Waals surface area contributed by atoms with E-state index in [0.29, 0.717) is 12.1 Å². The van der Waals surface area contributed by atoms with Gasteiger partial charge in [-0.05, 0) is 38.5 Å². The Kier molecular flexibility index (Phi) is 5.28. The van der Waals surface area contributed by atoms with Gasteiger partial charge in [0.2, 0.25) is 0 Å². The number of amides is 1. The molecule has 2 aromatic rings. The molecular weight excluding hydrogens is 308 g/mol. The molecule has 0 bridgehead atoms. The number of hydrogen-bond acceptors (Lipinski definition) is 4. The lowest BCUT2D eigenvalue weighted by Gasteiger charge is -2.19. The molecule has 0 unspecified atom stereocenters. The van der Waals surface area contributed by atoms with Gasteiger partial charge in [-0.1, -0.05) is 18.2 Å². The second-order valence-electron chi connectivity index (χ2n) is 6.28. The van der Waals surface area contributed by atoms with Crippen LogP contribution in [0.25, 0.3) is 17.0 Å². The van der Waals surface area contributed by atoms with Crippen LogP contribution in [0.3, 0.4) is 0 Å². The second-order valence-corrected chi connectivity index (χ2v) is 6.28. The van der Waals surface area contributed by atoms with Gasteiger partial charge in [-0.2, -0.15) is 0 Å². The van der Waals surface area contributed by atoms with E-state index in [1.165, 1.54) is 7.11 Å². The summed E-state index contributed by atoms with van der Waals surface area (Å²) in [5.74, 6) is -0.381. The molecule has 0 aliphatic heterocycles. The lowest BCUT2D eigenvalue weighted by atomic mass is 10.1. The van der Waals surface area contributed by atoms with E-state index in [-0.39, 0.29) is 5.97 Å². The molecule has 0 aliphatic rings. The molecule has 0 fully saturated rings. The fourth-order valence-corrected chi connectivity index (χ4v) is 2.17. The maximum atomic E-state index is 11.7. The molecule has 0 aliphatic carbocycles. The van der Waals surface area contributed by atoms with Crippen LogP contribution in [0.2, 0.25) is 0 Å². The number of rotatable bonds is 4. The number of aromatic nitrogens is 1. The topological polar surface area (TPSA) is 80.4 Å². The molecule has 2 rings (SSSR count). The third-order valence-electron chi connectivity index (χ3n) is 3.18. The van der Waals surface area contributed by atoms with Gasteiger partial charge >= 0.3 is 12.1 Å². The summed E-state index contributed by atoms with van der Waals surface area (Å²) in [6.45, 7) is 5.79. The summed E-state index contributed by atoms with van der Waals surface area (Å²) in [6, 6.07) is 5.70. The smallest absolute Gasteiger partial charge is 0.407 e. The fourth-order valence-electron chi connectivity index (χ4n) is 2.17. The molecule has 1 amide bonds. The van der Waals surface area contributed by atoms with E-state index in [0.717, 1.165) is 16.5 Å². The molecule has 6 nitrogen and oxygen atoms in total. The van der Waals surface area contributed by atoms with Gasteiger partial charge in [0.1, 0.15) is 5.60 Å². The van der Waals surface area contributed by atoms with Crippen molar-refractivity contribution in [2.75, 3.05) is 13.7 Å². The van der Waals surface area contributed by atoms with E-state index in [9.17, 15) is 9.59 Å². The number of nitrogens with one attached hydrogen (secondary N) is 2. The quantitative estimate of drug-likeness (QED) is 0.841. The highest BCUT2D eigenvalue weighted by atomic mass is 16.6. The van der Waals surface area contributed by atoms with Gasteiger partial charge < -0.3 is 19.8 Å². The van der Waals surface area contributed by atoms with Crippen molar-refractivity contribution in [2.24, 2.45) is 0 Å². The minimum atomic E-state index is -0.516. The van der Waals surface area contributed by atoms with Gasteiger partial charge in [-0.3, -0.25) is 0 Å². The maximum absolute atomic E-state index is 11.7. The molecule has 0 saturated heterocycles. The van der Waals surface area contributed by atoms with Gasteiger partial charge in [0.25, 0.3) is 0 Å². The van der Waals surface area contributed by atoms with Crippen molar-refractivity contribution in [2.45, 2.75) is 26.4 Å². The summed E-state index contributed by atoms with van der Waals surface area (Å²) >= 11 is 0. The minimum absolute atomic E-state index is 0.351. The van der Waals surface area contributed by atoms with Crippen LogP contribution in [-0.2, 0) is 9.47 Å². The Balaban J connectivity index is 2.02. The molecule has 1 aromatic heterocycles. The van der Waals surface area contributed by atoms with Crippen molar-refractivity contribution in [3.05, 3.63) is 41.6 Å². The van der Waals surface area contributed by atoms with Crippen LogP contribution in [-0.4, -0.2) is 36.3 Å². The van der Waals surface area contributed by atoms with Gasteiger partial charge in [0.15, 0.2) is 0 Å². The molecule has 2 N–H and O–H groups in total. The number of hydrogen-bond donors (Lipinski definition) is 2. The van der Waals surface area contributed by atoms with Crippen molar-refractivity contribution < 1.29 is 19.1 Å². The van der Waals surface area contributed by atoms with Crippen molar-refractivity contribution in [1.82, 2.24) is 10.3 Å². The minimum Gasteiger partial charge on any atom is -0.465 e. The highest BCUT2D eigenvalue weighted by Gasteiger charge is 2.15. The molecule has 24 heavy (non-hydrogen) atoms. The lowest BCUT2D eigenvalue weighted by Crippen LogP contribution is -2.32. The first-order valence-corrected chi connectivity index (χ1v) is 7.63. The molecule has 0 spiro atoms. The summed E-state index contributed by atoms with van der Waals surface area (Å²) in [5, 5.41) is 3.45. The zero-order chi connectivity index (χ0) is 17.7. The number of H-pyrrole nitrogens is 1. The number of ether oxygens (including phenoxy) is 2. The molecule has 0 atom stereocenters. The number of carbonyl (C=O) groups excluding carboxylic acids is 2. The monoisotopic (exact) mass is 330 g/mol. The normalized spacial score (nSPS) is 11.7. The Hall–Kier alpha value is -2.76. The number of aromatic amines is 1. The van der Waals surface area contributed by atoms with Crippen molar-refractivity contribution in [3.63, 3.8) is 0 Å². The van der Waals surface area contributed by atoms with E-state index >= 15 is 0 Å². The van der Waals surface area contributed by atoms with Crippen molar-refractivity contribution >= 4 is 29.0 Å². The Morgan fingerprint density at radius 3 is 2.71 bits per heavy atom. The Morgan fingerprint density at radius 1 is 1.29 bits per heavy atom. The predicted molar refractivity (Wildman–Crippen MR) is 92.9 cm³/mol. The number of benzene rings is 1. The zero-order valence-corrected chi connectivity index (χ0v) is 14.3. The first kappa shape index (κ1) is 17.6. The van der Waals surface area contributed by atoms with Crippen molar-refractivity contribution in [3.8, 4) is 0 Å². The summed E-state index contributed by atoms with van der Waals surface area (Å²) in [6.07, 6.45) is 4.86. The van der Waals surface area contributed by atoms with Crippen LogP contribution in [0.15, 0.2) is 30.5 Å². The highest BCUT2D eigenvalue weighted by Crippen LogP contribution is 2.21. The number of alkyl carbamates (subject to hydrolysis) is 1.